The number of hydrogen-bond acceptors (Lipinski definition) is 3. The summed E-state index contributed by atoms with van der Waals surface area (Å²) in [6.07, 6.45) is 0. The lowest BCUT2D eigenvalue weighted by Gasteiger charge is -2.22. The van der Waals surface area contributed by atoms with Crippen LogP contribution in [-0.2, 0) is 0 Å². The van der Waals surface area contributed by atoms with E-state index in [1.807, 2.05) is 31.4 Å². The Morgan fingerprint density at radius 3 is 2.48 bits per heavy atom. The number of halogens is 3. The van der Waals surface area contributed by atoms with Crippen LogP contribution in [0.4, 0.5) is 8.78 Å². The summed E-state index contributed by atoms with van der Waals surface area (Å²) in [7, 11) is 0. The normalized spacial score (nSPS) is 14.2. The van der Waals surface area contributed by atoms with Crippen LogP contribution in [0.2, 0.25) is 0 Å². The maximum atomic E-state index is 12.5. The summed E-state index contributed by atoms with van der Waals surface area (Å²) in [5.41, 5.74) is 0.720. The molecule has 0 fully saturated rings. The number of benzene rings is 1. The Labute approximate surface area is 135 Å². The standard InChI is InChI=1S/C15H16BrF2NOS/c1-9(19-10(2)14-12(16)7-8-21-14)11-5-3-4-6-13(11)20-15(17)18/h3-10,15,19H,1-2H3. The van der Waals surface area contributed by atoms with Gasteiger partial charge in [0, 0.05) is 27.0 Å². The Morgan fingerprint density at radius 2 is 1.86 bits per heavy atom. The van der Waals surface area contributed by atoms with Crippen molar-refractivity contribution in [1.29, 1.82) is 0 Å². The van der Waals surface area contributed by atoms with Gasteiger partial charge in [-0.1, -0.05) is 18.2 Å². The summed E-state index contributed by atoms with van der Waals surface area (Å²) in [4.78, 5) is 1.18. The van der Waals surface area contributed by atoms with Crippen molar-refractivity contribution in [1.82, 2.24) is 5.32 Å². The highest BCUT2D eigenvalue weighted by molar-refractivity contribution is 9.10. The maximum Gasteiger partial charge on any atom is 0.387 e. The quantitative estimate of drug-likeness (QED) is 0.717. The zero-order chi connectivity index (χ0) is 15.4. The van der Waals surface area contributed by atoms with E-state index in [0.29, 0.717) is 0 Å². The second kappa shape index (κ2) is 7.33. The molecule has 1 aromatic heterocycles. The molecule has 2 rings (SSSR count). The van der Waals surface area contributed by atoms with Gasteiger partial charge in [-0.2, -0.15) is 8.78 Å². The van der Waals surface area contributed by atoms with Gasteiger partial charge in [0.2, 0.25) is 0 Å². The number of ether oxygens (including phenoxy) is 1. The van der Waals surface area contributed by atoms with Gasteiger partial charge >= 0.3 is 6.61 Å². The van der Waals surface area contributed by atoms with Crippen molar-refractivity contribution in [2.45, 2.75) is 32.5 Å². The summed E-state index contributed by atoms with van der Waals surface area (Å²) >= 11 is 5.16. The first-order chi connectivity index (χ1) is 9.99. The highest BCUT2D eigenvalue weighted by atomic mass is 79.9. The van der Waals surface area contributed by atoms with E-state index in [9.17, 15) is 8.78 Å². The third-order valence-corrected chi connectivity index (χ3v) is 5.19. The molecule has 0 aliphatic heterocycles. The van der Waals surface area contributed by atoms with Crippen molar-refractivity contribution < 1.29 is 13.5 Å². The van der Waals surface area contributed by atoms with E-state index < -0.39 is 6.61 Å². The van der Waals surface area contributed by atoms with Crippen LogP contribution >= 0.6 is 27.3 Å². The van der Waals surface area contributed by atoms with Crippen molar-refractivity contribution >= 4 is 27.3 Å². The average Bonchev–Trinajstić information content (AvgIpc) is 2.85. The van der Waals surface area contributed by atoms with Crippen molar-refractivity contribution in [2.75, 3.05) is 0 Å². The first kappa shape index (κ1) is 16.4. The molecule has 1 N–H and O–H groups in total. The van der Waals surface area contributed by atoms with Gasteiger partial charge in [-0.25, -0.2) is 0 Å². The molecule has 1 aromatic carbocycles. The number of nitrogens with one attached hydrogen (secondary N) is 1. The molecule has 0 aliphatic rings. The molecule has 0 saturated carbocycles. The lowest BCUT2D eigenvalue weighted by Crippen LogP contribution is -2.23. The topological polar surface area (TPSA) is 21.3 Å². The summed E-state index contributed by atoms with van der Waals surface area (Å²) in [5.74, 6) is 0.213. The number of rotatable bonds is 6. The van der Waals surface area contributed by atoms with E-state index in [1.54, 1.807) is 29.5 Å². The van der Waals surface area contributed by atoms with Crippen molar-refractivity contribution in [2.24, 2.45) is 0 Å². The Kier molecular flexibility index (Phi) is 5.72. The molecule has 0 saturated heterocycles. The van der Waals surface area contributed by atoms with Crippen molar-refractivity contribution in [3.05, 3.63) is 50.6 Å². The van der Waals surface area contributed by atoms with Gasteiger partial charge in [0.1, 0.15) is 5.75 Å². The van der Waals surface area contributed by atoms with E-state index in [2.05, 4.69) is 26.0 Å². The monoisotopic (exact) mass is 375 g/mol. The fourth-order valence-electron chi connectivity index (χ4n) is 2.20. The van der Waals surface area contributed by atoms with Crippen LogP contribution in [0.15, 0.2) is 40.2 Å². The molecule has 6 heteroatoms. The summed E-state index contributed by atoms with van der Waals surface area (Å²) in [5, 5.41) is 5.42. The molecule has 1 heterocycles. The van der Waals surface area contributed by atoms with E-state index in [-0.39, 0.29) is 17.8 Å². The minimum Gasteiger partial charge on any atom is -0.434 e. The number of thiophene rings is 1. The second-order valence-corrected chi connectivity index (χ2v) is 6.46. The zero-order valence-electron chi connectivity index (χ0n) is 11.6. The van der Waals surface area contributed by atoms with Crippen molar-refractivity contribution in [3.8, 4) is 5.75 Å². The van der Waals surface area contributed by atoms with E-state index in [4.69, 9.17) is 0 Å². The first-order valence-corrected chi connectivity index (χ1v) is 8.19. The van der Waals surface area contributed by atoms with Gasteiger partial charge < -0.3 is 10.1 Å². The molecule has 2 atom stereocenters. The highest BCUT2D eigenvalue weighted by Gasteiger charge is 2.18. The SMILES string of the molecule is CC(NC(C)c1sccc1Br)c1ccccc1OC(F)F. The van der Waals surface area contributed by atoms with Crippen LogP contribution in [0.25, 0.3) is 0 Å². The summed E-state index contributed by atoms with van der Waals surface area (Å²) in [6.45, 7) is 1.16. The molecular formula is C15H16BrF2NOS. The lowest BCUT2D eigenvalue weighted by atomic mass is 10.1. The molecule has 2 unspecified atom stereocenters. The van der Waals surface area contributed by atoms with Crippen LogP contribution in [0.5, 0.6) is 5.75 Å². The van der Waals surface area contributed by atoms with E-state index in [0.717, 1.165) is 10.0 Å². The third kappa shape index (κ3) is 4.25. The van der Waals surface area contributed by atoms with Gasteiger partial charge in [-0.05, 0) is 47.3 Å². The van der Waals surface area contributed by atoms with Crippen LogP contribution in [0, 0.1) is 0 Å². The highest BCUT2D eigenvalue weighted by Crippen LogP contribution is 2.32. The average molecular weight is 376 g/mol. The molecule has 0 amide bonds. The Morgan fingerprint density at radius 1 is 1.14 bits per heavy atom. The van der Waals surface area contributed by atoms with Gasteiger partial charge in [0.15, 0.2) is 0 Å². The zero-order valence-corrected chi connectivity index (χ0v) is 14.0. The molecule has 21 heavy (non-hydrogen) atoms. The minimum atomic E-state index is -2.82. The number of para-hydroxylation sites is 1. The minimum absolute atomic E-state index is 0.106. The number of alkyl halides is 2. The maximum absolute atomic E-state index is 12.5. The molecule has 0 aliphatic carbocycles. The summed E-state index contributed by atoms with van der Waals surface area (Å²) in [6, 6.07) is 8.86. The Balaban J connectivity index is 2.13. The predicted octanol–water partition coefficient (Wildman–Crippen LogP) is 5.52. The smallest absolute Gasteiger partial charge is 0.387 e. The molecule has 0 bridgehead atoms. The van der Waals surface area contributed by atoms with Gasteiger partial charge in [-0.3, -0.25) is 0 Å². The third-order valence-electron chi connectivity index (χ3n) is 3.14. The summed E-state index contributed by atoms with van der Waals surface area (Å²) < 4.78 is 30.5. The van der Waals surface area contributed by atoms with Crippen LogP contribution in [0.1, 0.15) is 36.4 Å². The molecule has 0 radical (unpaired) electrons. The largest absolute Gasteiger partial charge is 0.434 e. The van der Waals surface area contributed by atoms with Gasteiger partial charge in [-0.15, -0.1) is 11.3 Å². The molecule has 114 valence electrons. The first-order valence-electron chi connectivity index (χ1n) is 6.51. The fourth-order valence-corrected chi connectivity index (χ4v) is 3.93. The van der Waals surface area contributed by atoms with E-state index in [1.165, 1.54) is 4.88 Å². The predicted molar refractivity (Wildman–Crippen MR) is 85.1 cm³/mol. The Bertz CT molecular complexity index is 591. The second-order valence-electron chi connectivity index (χ2n) is 4.66. The molecule has 2 nitrogen and oxygen atoms in total. The fraction of sp³-hybridized carbons (Fsp3) is 0.333. The van der Waals surface area contributed by atoms with Crippen LogP contribution in [0.3, 0.4) is 0 Å². The van der Waals surface area contributed by atoms with Crippen molar-refractivity contribution in [3.63, 3.8) is 0 Å². The van der Waals surface area contributed by atoms with Crippen LogP contribution < -0.4 is 10.1 Å². The molecule has 2 aromatic rings. The van der Waals surface area contributed by atoms with Gasteiger partial charge in [0.25, 0.3) is 0 Å². The Hall–Kier alpha value is -0.980. The van der Waals surface area contributed by atoms with E-state index >= 15 is 0 Å². The number of hydrogen-bond donors (Lipinski definition) is 1. The molecule has 0 spiro atoms. The van der Waals surface area contributed by atoms with Crippen LogP contribution in [-0.4, -0.2) is 6.61 Å². The van der Waals surface area contributed by atoms with Gasteiger partial charge in [0.05, 0.1) is 0 Å². The molecular weight excluding hydrogens is 360 g/mol. The lowest BCUT2D eigenvalue weighted by molar-refractivity contribution is -0.0506.